The largest absolute Gasteiger partial charge is 0.347 e. The number of aryl methyl sites for hydroxylation is 1. The third-order valence-corrected chi connectivity index (χ3v) is 5.07. The van der Waals surface area contributed by atoms with Crippen LogP contribution in [0.4, 0.5) is 0 Å². The average Bonchev–Trinajstić information content (AvgIpc) is 2.29. The van der Waals surface area contributed by atoms with Crippen molar-refractivity contribution in [2.45, 2.75) is 45.1 Å². The fourth-order valence-electron chi connectivity index (χ4n) is 1.84. The van der Waals surface area contributed by atoms with E-state index in [-0.39, 0.29) is 16.3 Å². The molecule has 0 aliphatic rings. The van der Waals surface area contributed by atoms with Gasteiger partial charge in [-0.25, -0.2) is 12.7 Å². The maximum atomic E-state index is 12.4. The summed E-state index contributed by atoms with van der Waals surface area (Å²) in [6, 6.07) is 3.16. The van der Waals surface area contributed by atoms with Crippen molar-refractivity contribution in [1.82, 2.24) is 9.62 Å². The summed E-state index contributed by atoms with van der Waals surface area (Å²) in [5.41, 5.74) is 1.41. The molecule has 0 saturated carbocycles. The van der Waals surface area contributed by atoms with E-state index in [2.05, 4.69) is 5.32 Å². The molecule has 0 unspecified atom stereocenters. The fraction of sp³-hybridized carbons (Fsp3) is 0.533. The lowest BCUT2D eigenvalue weighted by Crippen LogP contribution is -2.40. The Kier molecular flexibility index (Phi) is 4.85. The molecule has 5 nitrogen and oxygen atoms in total. The number of nitrogens with one attached hydrogen (secondary N) is 1. The minimum absolute atomic E-state index is 0.173. The quantitative estimate of drug-likeness (QED) is 0.929. The Bertz CT molecular complexity index is 656. The first-order valence-corrected chi connectivity index (χ1v) is 8.16. The Hall–Kier alpha value is -1.40. The molecular weight excluding hydrogens is 288 g/mol. The zero-order chi connectivity index (χ0) is 16.6. The van der Waals surface area contributed by atoms with Crippen LogP contribution in [-0.2, 0) is 10.0 Å². The Labute approximate surface area is 127 Å². The zero-order valence-corrected chi connectivity index (χ0v) is 14.6. The predicted octanol–water partition coefficient (Wildman–Crippen LogP) is 2.08. The van der Waals surface area contributed by atoms with Crippen molar-refractivity contribution in [1.29, 1.82) is 0 Å². The number of carbonyl (C=O) groups excluding carboxylic acids is 1. The fourth-order valence-corrected chi connectivity index (χ4v) is 3.05. The van der Waals surface area contributed by atoms with E-state index >= 15 is 0 Å². The van der Waals surface area contributed by atoms with Gasteiger partial charge in [0.1, 0.15) is 0 Å². The summed E-state index contributed by atoms with van der Waals surface area (Å²) < 4.78 is 25.9. The molecule has 0 heterocycles. The Morgan fingerprint density at radius 3 is 2.10 bits per heavy atom. The number of hydrogen-bond acceptors (Lipinski definition) is 3. The molecule has 1 amide bonds. The van der Waals surface area contributed by atoms with E-state index in [1.807, 2.05) is 20.8 Å². The molecule has 0 aliphatic carbocycles. The Morgan fingerprint density at radius 1 is 1.14 bits per heavy atom. The molecule has 0 bridgehead atoms. The van der Waals surface area contributed by atoms with Crippen LogP contribution in [0.3, 0.4) is 0 Å². The van der Waals surface area contributed by atoms with Crippen molar-refractivity contribution in [2.75, 3.05) is 14.1 Å². The highest BCUT2D eigenvalue weighted by Gasteiger charge is 2.24. The van der Waals surface area contributed by atoms with Gasteiger partial charge in [-0.3, -0.25) is 4.79 Å². The smallest absolute Gasteiger partial charge is 0.251 e. The number of hydrogen-bond donors (Lipinski definition) is 1. The van der Waals surface area contributed by atoms with E-state index in [4.69, 9.17) is 0 Å². The first kappa shape index (κ1) is 17.7. The lowest BCUT2D eigenvalue weighted by Gasteiger charge is -2.22. The number of carbonyl (C=O) groups is 1. The molecule has 0 radical (unpaired) electrons. The molecule has 0 saturated heterocycles. The molecule has 118 valence electrons. The van der Waals surface area contributed by atoms with Crippen LogP contribution in [0.15, 0.2) is 17.0 Å². The first-order chi connectivity index (χ1) is 9.36. The van der Waals surface area contributed by atoms with Crippen molar-refractivity contribution < 1.29 is 13.2 Å². The molecule has 1 N–H and O–H groups in total. The number of sulfonamides is 1. The van der Waals surface area contributed by atoms with Gasteiger partial charge in [-0.15, -0.1) is 0 Å². The molecule has 0 aliphatic heterocycles. The first-order valence-electron chi connectivity index (χ1n) is 6.72. The molecule has 0 spiro atoms. The maximum Gasteiger partial charge on any atom is 0.251 e. The number of nitrogens with zero attached hydrogens (tertiary/aromatic N) is 1. The normalized spacial score (nSPS) is 12.6. The molecule has 1 aromatic carbocycles. The highest BCUT2D eigenvalue weighted by atomic mass is 32.2. The van der Waals surface area contributed by atoms with Crippen LogP contribution in [0.2, 0.25) is 0 Å². The second-order valence-electron chi connectivity index (χ2n) is 6.41. The summed E-state index contributed by atoms with van der Waals surface area (Å²) in [6.45, 7) is 9.19. The summed E-state index contributed by atoms with van der Waals surface area (Å²) in [5.74, 6) is -0.277. The van der Waals surface area contributed by atoms with Crippen LogP contribution in [0.5, 0.6) is 0 Å². The third-order valence-electron chi connectivity index (χ3n) is 3.13. The minimum atomic E-state index is -3.58. The lowest BCUT2D eigenvalue weighted by atomic mass is 10.0. The van der Waals surface area contributed by atoms with Crippen LogP contribution in [0, 0.1) is 13.8 Å². The molecule has 0 atom stereocenters. The van der Waals surface area contributed by atoms with E-state index in [1.54, 1.807) is 19.9 Å². The van der Waals surface area contributed by atoms with E-state index in [1.165, 1.54) is 20.2 Å². The summed E-state index contributed by atoms with van der Waals surface area (Å²) >= 11 is 0. The molecule has 1 rings (SSSR count). The molecule has 1 aromatic rings. The number of amides is 1. The van der Waals surface area contributed by atoms with E-state index in [0.717, 1.165) is 9.87 Å². The topological polar surface area (TPSA) is 66.5 Å². The van der Waals surface area contributed by atoms with E-state index < -0.39 is 10.0 Å². The van der Waals surface area contributed by atoms with Gasteiger partial charge in [-0.05, 0) is 57.9 Å². The Balaban J connectivity index is 3.41. The van der Waals surface area contributed by atoms with Crippen LogP contribution in [0.25, 0.3) is 0 Å². The highest BCUT2D eigenvalue weighted by Crippen LogP contribution is 2.23. The van der Waals surface area contributed by atoms with Crippen LogP contribution in [0.1, 0.15) is 42.3 Å². The second-order valence-corrected chi connectivity index (χ2v) is 8.53. The monoisotopic (exact) mass is 312 g/mol. The van der Waals surface area contributed by atoms with Gasteiger partial charge in [0, 0.05) is 25.2 Å². The summed E-state index contributed by atoms with van der Waals surface area (Å²) in [7, 11) is -0.620. The summed E-state index contributed by atoms with van der Waals surface area (Å²) in [4.78, 5) is 12.4. The van der Waals surface area contributed by atoms with Gasteiger partial charge in [-0.1, -0.05) is 0 Å². The number of benzene rings is 1. The molecule has 0 fully saturated rings. The van der Waals surface area contributed by atoms with Crippen LogP contribution < -0.4 is 5.32 Å². The minimum Gasteiger partial charge on any atom is -0.347 e. The van der Waals surface area contributed by atoms with Gasteiger partial charge >= 0.3 is 0 Å². The second kappa shape index (κ2) is 5.77. The number of rotatable bonds is 3. The van der Waals surface area contributed by atoms with Gasteiger partial charge in [0.05, 0.1) is 4.90 Å². The highest BCUT2D eigenvalue weighted by molar-refractivity contribution is 7.89. The van der Waals surface area contributed by atoms with Gasteiger partial charge in [0.25, 0.3) is 5.91 Å². The standard InChI is InChI=1S/C15H24N2O3S/c1-10-8-12(14(18)16-15(3,4)5)9-13(11(10)2)21(19,20)17(6)7/h8-9H,1-7H3,(H,16,18). The van der Waals surface area contributed by atoms with Crippen LogP contribution in [-0.4, -0.2) is 38.3 Å². The van der Waals surface area contributed by atoms with E-state index in [0.29, 0.717) is 11.1 Å². The van der Waals surface area contributed by atoms with Crippen molar-refractivity contribution in [3.63, 3.8) is 0 Å². The van der Waals surface area contributed by atoms with E-state index in [9.17, 15) is 13.2 Å². The molecule has 6 heteroatoms. The van der Waals surface area contributed by atoms with Gasteiger partial charge < -0.3 is 5.32 Å². The Morgan fingerprint density at radius 2 is 1.67 bits per heavy atom. The van der Waals surface area contributed by atoms with Crippen molar-refractivity contribution >= 4 is 15.9 Å². The van der Waals surface area contributed by atoms with Crippen molar-refractivity contribution in [3.8, 4) is 0 Å². The van der Waals surface area contributed by atoms with Gasteiger partial charge in [0.15, 0.2) is 0 Å². The lowest BCUT2D eigenvalue weighted by molar-refractivity contribution is 0.0919. The molecule has 21 heavy (non-hydrogen) atoms. The third kappa shape index (κ3) is 4.04. The van der Waals surface area contributed by atoms with Gasteiger partial charge in [0.2, 0.25) is 10.0 Å². The maximum absolute atomic E-state index is 12.4. The molecular formula is C15H24N2O3S. The summed E-state index contributed by atoms with van der Waals surface area (Å²) in [5, 5.41) is 2.84. The SMILES string of the molecule is Cc1cc(C(=O)NC(C)(C)C)cc(S(=O)(=O)N(C)C)c1C. The summed E-state index contributed by atoms with van der Waals surface area (Å²) in [6.07, 6.45) is 0. The van der Waals surface area contributed by atoms with Crippen molar-refractivity contribution in [2.24, 2.45) is 0 Å². The van der Waals surface area contributed by atoms with Crippen LogP contribution >= 0.6 is 0 Å². The van der Waals surface area contributed by atoms with Crippen molar-refractivity contribution in [3.05, 3.63) is 28.8 Å². The predicted molar refractivity (Wildman–Crippen MR) is 84.0 cm³/mol. The average molecular weight is 312 g/mol. The molecule has 0 aromatic heterocycles. The zero-order valence-electron chi connectivity index (χ0n) is 13.7. The van der Waals surface area contributed by atoms with Gasteiger partial charge in [-0.2, -0.15) is 0 Å².